The van der Waals surface area contributed by atoms with Crippen molar-refractivity contribution >= 4 is 5.82 Å². The predicted octanol–water partition coefficient (Wildman–Crippen LogP) is 2.44. The second-order valence-corrected chi connectivity index (χ2v) is 5.34. The first-order valence-corrected chi connectivity index (χ1v) is 7.01. The first-order chi connectivity index (χ1) is 10.3. The Kier molecular flexibility index (Phi) is 2.73. The zero-order chi connectivity index (χ0) is 14.2. The number of hydrogen-bond donors (Lipinski definition) is 1. The van der Waals surface area contributed by atoms with Gasteiger partial charge >= 0.3 is 0 Å². The van der Waals surface area contributed by atoms with Gasteiger partial charge in [0.15, 0.2) is 11.6 Å². The molecule has 106 valence electrons. The van der Waals surface area contributed by atoms with Gasteiger partial charge in [0.1, 0.15) is 5.69 Å². The smallest absolute Gasteiger partial charge is 0.169 e. The van der Waals surface area contributed by atoms with E-state index >= 15 is 0 Å². The molecule has 0 atom stereocenters. The summed E-state index contributed by atoms with van der Waals surface area (Å²) in [6.07, 6.45) is 2.32. The zero-order valence-electron chi connectivity index (χ0n) is 11.4. The lowest BCUT2D eigenvalue weighted by molar-refractivity contribution is 0.418. The number of anilines is 1. The van der Waals surface area contributed by atoms with E-state index < -0.39 is 0 Å². The molecule has 0 bridgehead atoms. The largest absolute Gasteiger partial charge is 0.381 e. The summed E-state index contributed by atoms with van der Waals surface area (Å²) in [5.74, 6) is 1.79. The van der Waals surface area contributed by atoms with E-state index in [2.05, 4.69) is 15.5 Å². The molecule has 0 radical (unpaired) electrons. The Morgan fingerprint density at radius 1 is 1.24 bits per heavy atom. The van der Waals surface area contributed by atoms with Crippen LogP contribution in [0.2, 0.25) is 0 Å². The van der Waals surface area contributed by atoms with E-state index in [1.807, 2.05) is 41.1 Å². The Labute approximate surface area is 121 Å². The molecule has 3 aromatic rings. The number of rotatable bonds is 4. The van der Waals surface area contributed by atoms with Crippen LogP contribution in [0.3, 0.4) is 0 Å². The van der Waals surface area contributed by atoms with Crippen LogP contribution in [0.5, 0.6) is 0 Å². The quantitative estimate of drug-likeness (QED) is 0.794. The highest BCUT2D eigenvalue weighted by Crippen LogP contribution is 2.42. The normalized spacial score (nSPS) is 14.5. The molecular weight excluding hydrogens is 266 g/mol. The molecule has 1 aliphatic carbocycles. The Morgan fingerprint density at radius 2 is 2.05 bits per heavy atom. The first kappa shape index (κ1) is 12.1. The molecule has 1 saturated carbocycles. The molecule has 0 unspecified atom stereocenters. The number of benzene rings is 1. The number of nitrogens with two attached hydrogens (primary N) is 1. The van der Waals surface area contributed by atoms with Crippen LogP contribution in [-0.4, -0.2) is 20.2 Å². The average Bonchev–Trinajstić information content (AvgIpc) is 3.12. The molecule has 1 fully saturated rings. The maximum atomic E-state index is 5.89. The standard InChI is InChI=1S/C15H15N5O/c16-15-14(11-6-7-11)20(19-17-15)9-12-8-13(21-18-12)10-4-2-1-3-5-10/h1-5,8,11H,6-7,9,16H2. The third-order valence-electron chi connectivity index (χ3n) is 3.69. The van der Waals surface area contributed by atoms with Crippen molar-refractivity contribution in [1.29, 1.82) is 0 Å². The van der Waals surface area contributed by atoms with Crippen LogP contribution in [-0.2, 0) is 6.54 Å². The fourth-order valence-electron chi connectivity index (χ4n) is 2.51. The van der Waals surface area contributed by atoms with Gasteiger partial charge in [0.2, 0.25) is 0 Å². The Morgan fingerprint density at radius 3 is 2.81 bits per heavy atom. The second-order valence-electron chi connectivity index (χ2n) is 5.34. The second kappa shape index (κ2) is 4.73. The lowest BCUT2D eigenvalue weighted by Gasteiger charge is -2.02. The SMILES string of the molecule is Nc1nnn(Cc2cc(-c3ccccc3)on2)c1C1CC1. The summed E-state index contributed by atoms with van der Waals surface area (Å²) in [5.41, 5.74) is 8.75. The van der Waals surface area contributed by atoms with Gasteiger partial charge in [-0.3, -0.25) is 0 Å². The van der Waals surface area contributed by atoms with Crippen molar-refractivity contribution in [2.45, 2.75) is 25.3 Å². The van der Waals surface area contributed by atoms with Crippen LogP contribution in [0.4, 0.5) is 5.82 Å². The lowest BCUT2D eigenvalue weighted by Crippen LogP contribution is -2.06. The van der Waals surface area contributed by atoms with Crippen molar-refractivity contribution < 1.29 is 4.52 Å². The van der Waals surface area contributed by atoms with Gasteiger partial charge in [0.05, 0.1) is 12.2 Å². The molecule has 2 N–H and O–H groups in total. The Balaban J connectivity index is 1.60. The maximum absolute atomic E-state index is 5.89. The van der Waals surface area contributed by atoms with Gasteiger partial charge in [-0.15, -0.1) is 5.10 Å². The topological polar surface area (TPSA) is 82.8 Å². The van der Waals surface area contributed by atoms with Crippen LogP contribution in [0.25, 0.3) is 11.3 Å². The molecular formula is C15H15N5O. The van der Waals surface area contributed by atoms with Crippen LogP contribution >= 0.6 is 0 Å². The molecule has 0 aliphatic heterocycles. The zero-order valence-corrected chi connectivity index (χ0v) is 11.4. The van der Waals surface area contributed by atoms with Crippen LogP contribution in [0.15, 0.2) is 40.9 Å². The van der Waals surface area contributed by atoms with Gasteiger partial charge in [-0.25, -0.2) is 4.68 Å². The monoisotopic (exact) mass is 281 g/mol. The number of hydrogen-bond acceptors (Lipinski definition) is 5. The van der Waals surface area contributed by atoms with Crippen molar-refractivity contribution in [2.75, 3.05) is 5.73 Å². The van der Waals surface area contributed by atoms with E-state index in [1.54, 1.807) is 0 Å². The molecule has 2 heterocycles. The summed E-state index contributed by atoms with van der Waals surface area (Å²) in [4.78, 5) is 0. The highest BCUT2D eigenvalue weighted by atomic mass is 16.5. The minimum absolute atomic E-state index is 0.500. The lowest BCUT2D eigenvalue weighted by atomic mass is 10.1. The van der Waals surface area contributed by atoms with E-state index in [0.717, 1.165) is 35.6 Å². The molecule has 2 aromatic heterocycles. The number of aromatic nitrogens is 4. The highest BCUT2D eigenvalue weighted by molar-refractivity contribution is 5.56. The van der Waals surface area contributed by atoms with E-state index in [1.165, 1.54) is 0 Å². The molecule has 21 heavy (non-hydrogen) atoms. The first-order valence-electron chi connectivity index (χ1n) is 7.01. The van der Waals surface area contributed by atoms with Crippen molar-refractivity contribution in [3.05, 3.63) is 47.8 Å². The molecule has 1 aliphatic rings. The molecule has 0 spiro atoms. The third kappa shape index (κ3) is 2.29. The molecule has 1 aromatic carbocycles. The molecule has 4 rings (SSSR count). The average molecular weight is 281 g/mol. The summed E-state index contributed by atoms with van der Waals surface area (Å²) in [5, 5.41) is 12.2. The van der Waals surface area contributed by atoms with Gasteiger partial charge in [-0.05, 0) is 12.8 Å². The molecule has 6 heteroatoms. The van der Waals surface area contributed by atoms with Gasteiger partial charge in [-0.1, -0.05) is 40.7 Å². The van der Waals surface area contributed by atoms with Crippen LogP contribution in [0, 0.1) is 0 Å². The maximum Gasteiger partial charge on any atom is 0.169 e. The predicted molar refractivity (Wildman–Crippen MR) is 77.5 cm³/mol. The van der Waals surface area contributed by atoms with Crippen LogP contribution < -0.4 is 5.73 Å². The Hall–Kier alpha value is -2.63. The molecule has 0 saturated heterocycles. The minimum atomic E-state index is 0.500. The van der Waals surface area contributed by atoms with Gasteiger partial charge in [0, 0.05) is 17.5 Å². The third-order valence-corrected chi connectivity index (χ3v) is 3.69. The van der Waals surface area contributed by atoms with Crippen molar-refractivity contribution in [2.24, 2.45) is 0 Å². The molecule has 6 nitrogen and oxygen atoms in total. The van der Waals surface area contributed by atoms with E-state index in [0.29, 0.717) is 18.3 Å². The van der Waals surface area contributed by atoms with Crippen molar-refractivity contribution in [3.8, 4) is 11.3 Å². The number of nitrogen functional groups attached to an aromatic ring is 1. The fourth-order valence-corrected chi connectivity index (χ4v) is 2.51. The fraction of sp³-hybridized carbons (Fsp3) is 0.267. The van der Waals surface area contributed by atoms with Gasteiger partial charge in [-0.2, -0.15) is 0 Å². The minimum Gasteiger partial charge on any atom is -0.381 e. The number of nitrogens with zero attached hydrogens (tertiary/aromatic N) is 4. The summed E-state index contributed by atoms with van der Waals surface area (Å²) in [6, 6.07) is 11.8. The van der Waals surface area contributed by atoms with Gasteiger partial charge < -0.3 is 10.3 Å². The summed E-state index contributed by atoms with van der Waals surface area (Å²) >= 11 is 0. The van der Waals surface area contributed by atoms with Crippen LogP contribution in [0.1, 0.15) is 30.1 Å². The summed E-state index contributed by atoms with van der Waals surface area (Å²) in [7, 11) is 0. The van der Waals surface area contributed by atoms with Gasteiger partial charge in [0.25, 0.3) is 0 Å². The van der Waals surface area contributed by atoms with Crippen molar-refractivity contribution in [1.82, 2.24) is 20.2 Å². The van der Waals surface area contributed by atoms with E-state index in [9.17, 15) is 0 Å². The van der Waals surface area contributed by atoms with E-state index in [-0.39, 0.29) is 0 Å². The summed E-state index contributed by atoms with van der Waals surface area (Å²) in [6.45, 7) is 0.534. The summed E-state index contributed by atoms with van der Waals surface area (Å²) < 4.78 is 7.24. The highest BCUT2D eigenvalue weighted by Gasteiger charge is 2.30. The molecule has 0 amide bonds. The Bertz CT molecular complexity index is 757. The van der Waals surface area contributed by atoms with Crippen molar-refractivity contribution in [3.63, 3.8) is 0 Å². The van der Waals surface area contributed by atoms with E-state index in [4.69, 9.17) is 10.3 Å².